The van der Waals surface area contributed by atoms with Gasteiger partial charge in [0.2, 0.25) is 5.91 Å². The first kappa shape index (κ1) is 19.9. The van der Waals surface area contributed by atoms with Crippen molar-refractivity contribution in [3.63, 3.8) is 0 Å². The number of anilines is 1. The summed E-state index contributed by atoms with van der Waals surface area (Å²) in [5.41, 5.74) is 0.494. The number of carbonyl (C=O) groups is 4. The summed E-state index contributed by atoms with van der Waals surface area (Å²) in [7, 11) is 1.63. The third-order valence-corrected chi connectivity index (χ3v) is 5.62. The van der Waals surface area contributed by atoms with E-state index in [4.69, 9.17) is 5.11 Å². The van der Waals surface area contributed by atoms with Gasteiger partial charge in [-0.25, -0.2) is 4.79 Å². The third-order valence-electron chi connectivity index (χ3n) is 5.62. The molecule has 3 rings (SSSR count). The van der Waals surface area contributed by atoms with Crippen molar-refractivity contribution in [1.82, 2.24) is 9.80 Å². The first-order valence-electron chi connectivity index (χ1n) is 9.54. The van der Waals surface area contributed by atoms with Crippen LogP contribution in [0, 0.1) is 0 Å². The van der Waals surface area contributed by atoms with Gasteiger partial charge in [0.15, 0.2) is 0 Å². The minimum Gasteiger partial charge on any atom is -0.481 e. The van der Waals surface area contributed by atoms with E-state index in [0.717, 1.165) is 29.7 Å². The van der Waals surface area contributed by atoms with E-state index < -0.39 is 23.4 Å². The van der Waals surface area contributed by atoms with Crippen molar-refractivity contribution < 1.29 is 24.3 Å². The van der Waals surface area contributed by atoms with Crippen LogP contribution in [-0.2, 0) is 20.8 Å². The average molecular weight is 387 g/mol. The largest absolute Gasteiger partial charge is 0.481 e. The van der Waals surface area contributed by atoms with Crippen molar-refractivity contribution in [2.24, 2.45) is 0 Å². The summed E-state index contributed by atoms with van der Waals surface area (Å²) in [5.74, 6) is -1.63. The number of nitrogens with zero attached hydrogens (tertiary/aromatic N) is 2. The third kappa shape index (κ3) is 3.85. The number of rotatable bonds is 6. The number of likely N-dealkylation sites (N-methyl/N-ethyl adjacent to an activating group) is 1. The van der Waals surface area contributed by atoms with Crippen LogP contribution >= 0.6 is 0 Å². The number of aliphatic carboxylic acids is 1. The van der Waals surface area contributed by atoms with Gasteiger partial charge in [0.25, 0.3) is 5.91 Å². The molecule has 2 fully saturated rings. The van der Waals surface area contributed by atoms with Crippen LogP contribution in [0.3, 0.4) is 0 Å². The van der Waals surface area contributed by atoms with Gasteiger partial charge in [-0.2, -0.15) is 0 Å². The van der Waals surface area contributed by atoms with E-state index in [1.807, 2.05) is 0 Å². The SMILES string of the molecule is CN1C(=O)N(CC(=O)Nc2cccc(CCC(=O)O)c2)C(=O)C12CCCCC2. The molecule has 0 atom stereocenters. The lowest BCUT2D eigenvalue weighted by atomic mass is 9.81. The Kier molecular flexibility index (Phi) is 5.67. The Labute approximate surface area is 163 Å². The highest BCUT2D eigenvalue weighted by Gasteiger charge is 2.55. The van der Waals surface area contributed by atoms with Gasteiger partial charge in [-0.3, -0.25) is 19.3 Å². The number of carboxylic acids is 1. The molecule has 1 aliphatic carbocycles. The van der Waals surface area contributed by atoms with E-state index in [2.05, 4.69) is 5.32 Å². The van der Waals surface area contributed by atoms with Crippen LogP contribution in [0.1, 0.15) is 44.1 Å². The van der Waals surface area contributed by atoms with Crippen molar-refractivity contribution in [1.29, 1.82) is 0 Å². The number of hydrogen-bond acceptors (Lipinski definition) is 4. The molecule has 1 aliphatic heterocycles. The van der Waals surface area contributed by atoms with Gasteiger partial charge >= 0.3 is 12.0 Å². The maximum atomic E-state index is 12.9. The highest BCUT2D eigenvalue weighted by molar-refractivity contribution is 6.10. The number of carboxylic acid groups (broad SMARTS) is 1. The molecule has 4 amide bonds. The van der Waals surface area contributed by atoms with Gasteiger partial charge in [0.1, 0.15) is 12.1 Å². The first-order valence-corrected chi connectivity index (χ1v) is 9.54. The van der Waals surface area contributed by atoms with Crippen molar-refractivity contribution >= 4 is 29.5 Å². The molecular formula is C20H25N3O5. The minimum atomic E-state index is -0.888. The Balaban J connectivity index is 1.65. The first-order chi connectivity index (χ1) is 13.3. The lowest BCUT2D eigenvalue weighted by molar-refractivity contribution is -0.137. The molecule has 0 aromatic heterocycles. The molecule has 1 aromatic rings. The summed E-state index contributed by atoms with van der Waals surface area (Å²) in [4.78, 5) is 51.2. The second-order valence-corrected chi connectivity index (χ2v) is 7.47. The Morgan fingerprint density at radius 1 is 1.18 bits per heavy atom. The highest BCUT2D eigenvalue weighted by Crippen LogP contribution is 2.39. The fraction of sp³-hybridized carbons (Fsp3) is 0.500. The fourth-order valence-electron chi connectivity index (χ4n) is 4.07. The van der Waals surface area contributed by atoms with E-state index in [9.17, 15) is 19.2 Å². The van der Waals surface area contributed by atoms with Crippen LogP contribution in [-0.4, -0.2) is 57.9 Å². The lowest BCUT2D eigenvalue weighted by Gasteiger charge is -2.35. The maximum Gasteiger partial charge on any atom is 0.327 e. The van der Waals surface area contributed by atoms with E-state index in [1.54, 1.807) is 31.3 Å². The second-order valence-electron chi connectivity index (χ2n) is 7.47. The molecule has 1 saturated heterocycles. The summed E-state index contributed by atoms with van der Waals surface area (Å²) < 4.78 is 0. The van der Waals surface area contributed by atoms with Gasteiger partial charge in [-0.15, -0.1) is 0 Å². The van der Waals surface area contributed by atoms with Crippen LogP contribution in [0.2, 0.25) is 0 Å². The molecule has 1 saturated carbocycles. The molecule has 8 nitrogen and oxygen atoms in total. The number of amides is 4. The van der Waals surface area contributed by atoms with Crippen molar-refractivity contribution in [3.05, 3.63) is 29.8 Å². The van der Waals surface area contributed by atoms with E-state index >= 15 is 0 Å². The van der Waals surface area contributed by atoms with Crippen LogP contribution in [0.4, 0.5) is 10.5 Å². The molecule has 1 heterocycles. The predicted octanol–water partition coefficient (Wildman–Crippen LogP) is 2.24. The molecule has 2 N–H and O–H groups in total. The predicted molar refractivity (Wildman–Crippen MR) is 102 cm³/mol. The Morgan fingerprint density at radius 3 is 2.57 bits per heavy atom. The number of hydrogen-bond donors (Lipinski definition) is 2. The Hall–Kier alpha value is -2.90. The van der Waals surface area contributed by atoms with Gasteiger partial charge in [0, 0.05) is 19.2 Å². The zero-order chi connectivity index (χ0) is 20.3. The van der Waals surface area contributed by atoms with Gasteiger partial charge in [0.05, 0.1) is 0 Å². The van der Waals surface area contributed by atoms with Crippen molar-refractivity contribution in [2.75, 3.05) is 18.9 Å². The summed E-state index contributed by atoms with van der Waals surface area (Å²) >= 11 is 0. The van der Waals surface area contributed by atoms with Crippen LogP contribution in [0.5, 0.6) is 0 Å². The number of aryl methyl sites for hydroxylation is 1. The number of urea groups is 1. The molecular weight excluding hydrogens is 362 g/mol. The topological polar surface area (TPSA) is 107 Å². The molecule has 150 valence electrons. The maximum absolute atomic E-state index is 12.9. The fourth-order valence-corrected chi connectivity index (χ4v) is 4.07. The number of benzene rings is 1. The van der Waals surface area contributed by atoms with Crippen molar-refractivity contribution in [2.45, 2.75) is 50.5 Å². The molecule has 0 radical (unpaired) electrons. The van der Waals surface area contributed by atoms with E-state index in [0.29, 0.717) is 24.9 Å². The lowest BCUT2D eigenvalue weighted by Crippen LogP contribution is -2.49. The zero-order valence-corrected chi connectivity index (χ0v) is 15.9. The smallest absolute Gasteiger partial charge is 0.327 e. The van der Waals surface area contributed by atoms with Crippen LogP contribution < -0.4 is 5.32 Å². The van der Waals surface area contributed by atoms with E-state index in [1.165, 1.54) is 4.90 Å². The second kappa shape index (κ2) is 8.00. The molecule has 0 bridgehead atoms. The molecule has 2 aliphatic rings. The van der Waals surface area contributed by atoms with Crippen molar-refractivity contribution in [3.8, 4) is 0 Å². The van der Waals surface area contributed by atoms with E-state index in [-0.39, 0.29) is 18.9 Å². The zero-order valence-electron chi connectivity index (χ0n) is 15.9. The normalized spacial score (nSPS) is 18.6. The Bertz CT molecular complexity index is 801. The monoisotopic (exact) mass is 387 g/mol. The molecule has 8 heteroatoms. The number of imide groups is 1. The van der Waals surface area contributed by atoms with Gasteiger partial charge in [-0.05, 0) is 37.0 Å². The van der Waals surface area contributed by atoms with Crippen LogP contribution in [0.25, 0.3) is 0 Å². The van der Waals surface area contributed by atoms with Gasteiger partial charge < -0.3 is 15.3 Å². The summed E-state index contributed by atoms with van der Waals surface area (Å²) in [5, 5.41) is 11.5. The summed E-state index contributed by atoms with van der Waals surface area (Å²) in [6.07, 6.45) is 4.47. The Morgan fingerprint density at radius 2 is 1.89 bits per heavy atom. The molecule has 1 aromatic carbocycles. The standard InChI is InChI=1S/C20H25N3O5/c1-22-19(28)23(18(27)20(22)10-3-2-4-11-20)13-16(24)21-15-7-5-6-14(12-15)8-9-17(25)26/h5-7,12H,2-4,8-11,13H2,1H3,(H,21,24)(H,25,26). The van der Waals surface area contributed by atoms with Crippen LogP contribution in [0.15, 0.2) is 24.3 Å². The highest BCUT2D eigenvalue weighted by atomic mass is 16.4. The molecule has 28 heavy (non-hydrogen) atoms. The van der Waals surface area contributed by atoms with Gasteiger partial charge in [-0.1, -0.05) is 31.4 Å². The summed E-state index contributed by atoms with van der Waals surface area (Å²) in [6, 6.07) is 6.46. The molecule has 1 spiro atoms. The quantitative estimate of drug-likeness (QED) is 0.728. The number of nitrogens with one attached hydrogen (secondary N) is 1. The minimum absolute atomic E-state index is 0.00258. The molecule has 0 unspecified atom stereocenters. The summed E-state index contributed by atoms with van der Waals surface area (Å²) in [6.45, 7) is -0.330. The number of carbonyl (C=O) groups excluding carboxylic acids is 3. The average Bonchev–Trinajstić information content (AvgIpc) is 2.84.